The second-order valence-corrected chi connectivity index (χ2v) is 14.9. The maximum Gasteiger partial charge on any atom is 0.320 e. The summed E-state index contributed by atoms with van der Waals surface area (Å²) < 4.78 is 12.0. The quantitative estimate of drug-likeness (QED) is 0.0445. The molecule has 3 aromatic carbocycles. The highest BCUT2D eigenvalue weighted by Crippen LogP contribution is 2.39. The summed E-state index contributed by atoms with van der Waals surface area (Å²) in [5.74, 6) is -1.30. The van der Waals surface area contributed by atoms with E-state index in [-0.39, 0.29) is 41.1 Å². The number of benzene rings is 3. The van der Waals surface area contributed by atoms with Crippen LogP contribution in [0.2, 0.25) is 0 Å². The number of carbonyl (C=O) groups excluding carboxylic acids is 3. The minimum atomic E-state index is -2.57. The second kappa shape index (κ2) is 16.5. The third-order valence-electron chi connectivity index (χ3n) is 9.33. The first-order valence-electron chi connectivity index (χ1n) is 16.9. The van der Waals surface area contributed by atoms with Crippen LogP contribution in [0, 0.1) is 15.5 Å². The predicted molar refractivity (Wildman–Crippen MR) is 197 cm³/mol. The van der Waals surface area contributed by atoms with Crippen LogP contribution in [0.3, 0.4) is 0 Å². The number of halogens is 1. The second-order valence-electron chi connectivity index (χ2n) is 14.4. The van der Waals surface area contributed by atoms with Crippen LogP contribution in [0.15, 0.2) is 72.8 Å². The van der Waals surface area contributed by atoms with Gasteiger partial charge in [-0.05, 0) is 66.0 Å². The molecule has 0 radical (unpaired) electrons. The Balaban J connectivity index is 1.68. The van der Waals surface area contributed by atoms with E-state index in [9.17, 15) is 24.5 Å². The largest absolute Gasteiger partial charge is 0.493 e. The van der Waals surface area contributed by atoms with E-state index >= 15 is 0 Å². The molecular formula is C39H50ClN3O7. The highest BCUT2D eigenvalue weighted by atomic mass is 35.5. The minimum Gasteiger partial charge on any atom is -0.493 e. The molecule has 0 fully saturated rings. The zero-order valence-corrected chi connectivity index (χ0v) is 31.1. The van der Waals surface area contributed by atoms with E-state index in [1.54, 1.807) is 44.2 Å². The number of alkyl halides is 1. The summed E-state index contributed by atoms with van der Waals surface area (Å²) in [4.78, 5) is 50.9. The van der Waals surface area contributed by atoms with E-state index in [4.69, 9.17) is 21.1 Å². The third-order valence-corrected chi connectivity index (χ3v) is 9.75. The SMILES string of the molecule is CCC(C)(C)c1ccc(OCCCC(=O)NCC(C)(C)C(=O)C(Cl)(Oc2ccc([N+](=O)[O-])cc2)C(=O)Nc2ccccc2)c(C(C)(C)CC)c1. The van der Waals surface area contributed by atoms with Crippen LogP contribution in [0.4, 0.5) is 11.4 Å². The lowest BCUT2D eigenvalue weighted by Gasteiger charge is -2.33. The Morgan fingerprint density at radius 1 is 0.860 bits per heavy atom. The van der Waals surface area contributed by atoms with Crippen molar-refractivity contribution in [2.24, 2.45) is 5.41 Å². The van der Waals surface area contributed by atoms with Crippen LogP contribution in [0.5, 0.6) is 11.5 Å². The van der Waals surface area contributed by atoms with Gasteiger partial charge in [0.1, 0.15) is 11.5 Å². The number of hydrogen-bond donors (Lipinski definition) is 2. The number of rotatable bonds is 18. The molecule has 50 heavy (non-hydrogen) atoms. The van der Waals surface area contributed by atoms with Gasteiger partial charge in [0.25, 0.3) is 11.6 Å². The molecule has 2 N–H and O–H groups in total. The Bertz CT molecular complexity index is 1660. The van der Waals surface area contributed by atoms with E-state index in [0.29, 0.717) is 18.7 Å². The van der Waals surface area contributed by atoms with Crippen LogP contribution in [-0.4, -0.2) is 40.7 Å². The van der Waals surface area contributed by atoms with Gasteiger partial charge in [-0.3, -0.25) is 24.5 Å². The van der Waals surface area contributed by atoms with Crippen molar-refractivity contribution in [3.8, 4) is 11.5 Å². The van der Waals surface area contributed by atoms with E-state index in [1.165, 1.54) is 29.8 Å². The molecule has 0 saturated heterocycles. The first kappa shape index (κ1) is 40.0. The molecule has 0 aromatic heterocycles. The van der Waals surface area contributed by atoms with Gasteiger partial charge in [-0.2, -0.15) is 0 Å². The van der Waals surface area contributed by atoms with Gasteiger partial charge in [-0.1, -0.05) is 97.3 Å². The minimum absolute atomic E-state index is 0.0313. The molecule has 2 amide bonds. The number of nitro groups is 1. The lowest BCUT2D eigenvalue weighted by molar-refractivity contribution is -0.384. The lowest BCUT2D eigenvalue weighted by atomic mass is 9.76. The number of para-hydroxylation sites is 1. The zero-order chi connectivity index (χ0) is 37.3. The van der Waals surface area contributed by atoms with Crippen LogP contribution >= 0.6 is 11.6 Å². The van der Waals surface area contributed by atoms with Crippen LogP contribution in [0.25, 0.3) is 0 Å². The fourth-order valence-electron chi connectivity index (χ4n) is 5.07. The van der Waals surface area contributed by atoms with Crippen molar-refractivity contribution in [2.75, 3.05) is 18.5 Å². The Morgan fingerprint density at radius 2 is 1.48 bits per heavy atom. The normalized spacial score (nSPS) is 13.1. The zero-order valence-electron chi connectivity index (χ0n) is 30.4. The third kappa shape index (κ3) is 10.1. The summed E-state index contributed by atoms with van der Waals surface area (Å²) in [6, 6.07) is 19.6. The molecule has 0 heterocycles. The summed E-state index contributed by atoms with van der Waals surface area (Å²) >= 11 is 6.74. The van der Waals surface area contributed by atoms with Crippen LogP contribution in [0.1, 0.15) is 92.2 Å². The molecule has 3 rings (SSSR count). The molecule has 0 aliphatic heterocycles. The molecule has 0 aliphatic rings. The summed E-state index contributed by atoms with van der Waals surface area (Å²) in [6.45, 7) is 16.5. The summed E-state index contributed by atoms with van der Waals surface area (Å²) in [6.07, 6.45) is 2.54. The molecule has 1 atom stereocenters. The van der Waals surface area contributed by atoms with E-state index in [2.05, 4.69) is 64.3 Å². The van der Waals surface area contributed by atoms with Crippen molar-refractivity contribution in [1.82, 2.24) is 5.32 Å². The fourth-order valence-corrected chi connectivity index (χ4v) is 5.46. The lowest BCUT2D eigenvalue weighted by Crippen LogP contribution is -2.57. The Hall–Kier alpha value is -4.44. The topological polar surface area (TPSA) is 137 Å². The predicted octanol–water partition coefficient (Wildman–Crippen LogP) is 8.49. The molecule has 270 valence electrons. The maximum absolute atomic E-state index is 14.0. The van der Waals surface area contributed by atoms with E-state index in [0.717, 1.165) is 24.2 Å². The average Bonchev–Trinajstić information content (AvgIpc) is 3.09. The number of amides is 2. The van der Waals surface area contributed by atoms with Crippen molar-refractivity contribution < 1.29 is 28.8 Å². The van der Waals surface area contributed by atoms with E-state index < -0.39 is 27.1 Å². The summed E-state index contributed by atoms with van der Waals surface area (Å²) in [7, 11) is 0. The molecule has 1 unspecified atom stereocenters. The number of nitrogens with one attached hydrogen (secondary N) is 2. The maximum atomic E-state index is 14.0. The van der Waals surface area contributed by atoms with Crippen molar-refractivity contribution in [3.05, 3.63) is 94.0 Å². The number of hydrogen-bond acceptors (Lipinski definition) is 7. The molecule has 0 aliphatic carbocycles. The number of ketones is 1. The van der Waals surface area contributed by atoms with Crippen molar-refractivity contribution in [1.29, 1.82) is 0 Å². The van der Waals surface area contributed by atoms with Gasteiger partial charge in [-0.25, -0.2) is 0 Å². The highest BCUT2D eigenvalue weighted by molar-refractivity contribution is 6.47. The summed E-state index contributed by atoms with van der Waals surface area (Å²) in [5, 5.41) is 13.9. The van der Waals surface area contributed by atoms with E-state index in [1.807, 2.05) is 6.07 Å². The molecule has 10 nitrogen and oxygen atoms in total. The van der Waals surface area contributed by atoms with Gasteiger partial charge in [0.05, 0.1) is 11.5 Å². The molecule has 11 heteroatoms. The monoisotopic (exact) mass is 707 g/mol. The molecule has 3 aromatic rings. The standard InChI is InChI=1S/C39H50ClN3O7/c1-9-36(3,4)27-18-23-32(31(25-27)37(5,6)10-2)49-24-14-17-33(44)41-26-38(7,8)34(45)39(40,35(46)42-28-15-12-11-13-16-28)50-30-21-19-29(20-22-30)43(47)48/h11-13,15-16,18-23,25H,9-10,14,17,24,26H2,1-8H3,(H,41,44)(H,42,46). The molecular weight excluding hydrogens is 658 g/mol. The number of non-ortho nitro benzene ring substituents is 1. The Kier molecular flexibility index (Phi) is 13.2. The smallest absolute Gasteiger partial charge is 0.320 e. The van der Waals surface area contributed by atoms with Gasteiger partial charge in [0.2, 0.25) is 11.7 Å². The number of nitrogens with zero attached hydrogens (tertiary/aromatic N) is 1. The van der Waals surface area contributed by atoms with Crippen molar-refractivity contribution in [3.63, 3.8) is 0 Å². The van der Waals surface area contributed by atoms with Crippen LogP contribution < -0.4 is 20.1 Å². The first-order valence-corrected chi connectivity index (χ1v) is 17.3. The first-order chi connectivity index (χ1) is 23.4. The Labute approximate surface area is 300 Å². The van der Waals surface area contributed by atoms with Gasteiger partial charge >= 0.3 is 5.06 Å². The van der Waals surface area contributed by atoms with Gasteiger partial charge < -0.3 is 20.1 Å². The molecule has 0 bridgehead atoms. The number of Topliss-reactive ketones (excluding diaryl/α,β-unsaturated/α-hetero) is 1. The van der Waals surface area contributed by atoms with Crippen molar-refractivity contribution in [2.45, 2.75) is 97.0 Å². The highest BCUT2D eigenvalue weighted by Gasteiger charge is 2.53. The summed E-state index contributed by atoms with van der Waals surface area (Å²) in [5.41, 5.74) is 1.15. The van der Waals surface area contributed by atoms with Crippen molar-refractivity contribution >= 4 is 40.6 Å². The number of anilines is 1. The van der Waals surface area contributed by atoms with Gasteiger partial charge in [0, 0.05) is 41.8 Å². The Morgan fingerprint density at radius 3 is 2.06 bits per heavy atom. The average molecular weight is 708 g/mol. The number of ether oxygens (including phenoxy) is 2. The van der Waals surface area contributed by atoms with Gasteiger partial charge in [-0.15, -0.1) is 0 Å². The number of carbonyl (C=O) groups is 3. The van der Waals surface area contributed by atoms with Gasteiger partial charge in [0.15, 0.2) is 0 Å². The van der Waals surface area contributed by atoms with Crippen LogP contribution in [-0.2, 0) is 25.2 Å². The fraction of sp³-hybridized carbons (Fsp3) is 0.462. The molecule has 0 saturated carbocycles. The molecule has 0 spiro atoms. The number of nitro benzene ring substituents is 1.